The van der Waals surface area contributed by atoms with Gasteiger partial charge in [0.15, 0.2) is 0 Å². The highest BCUT2D eigenvalue weighted by atomic mass is 15.2. The minimum absolute atomic E-state index is 0.286. The van der Waals surface area contributed by atoms with Crippen LogP contribution in [0.2, 0.25) is 0 Å². The van der Waals surface area contributed by atoms with E-state index in [1.807, 2.05) is 31.3 Å². The standard InChI is InChI=1S/C18H16N6/c1-3-14-11-21-17(7-16(14)23-12(2)8-19)18-5-4-15-6-13(9-20)10-22-24(15)18/h4-7,10-12H,3H2,1-2H3,(H,21,23)/t12-/m1/s1. The topological polar surface area (TPSA) is 89.8 Å². The predicted molar refractivity (Wildman–Crippen MR) is 91.2 cm³/mol. The number of aryl methyl sites for hydroxylation is 1. The summed E-state index contributed by atoms with van der Waals surface area (Å²) < 4.78 is 1.76. The maximum absolute atomic E-state index is 9.04. The van der Waals surface area contributed by atoms with E-state index in [4.69, 9.17) is 10.5 Å². The fourth-order valence-corrected chi connectivity index (χ4v) is 2.56. The summed E-state index contributed by atoms with van der Waals surface area (Å²) in [4.78, 5) is 4.53. The van der Waals surface area contributed by atoms with Crippen LogP contribution in [0.1, 0.15) is 25.0 Å². The molecule has 0 bridgehead atoms. The van der Waals surface area contributed by atoms with Gasteiger partial charge in [-0.25, -0.2) is 4.52 Å². The minimum atomic E-state index is -0.286. The summed E-state index contributed by atoms with van der Waals surface area (Å²) in [6.07, 6.45) is 4.19. The molecule has 0 saturated carbocycles. The maximum Gasteiger partial charge on any atom is 0.111 e. The summed E-state index contributed by atoms with van der Waals surface area (Å²) in [6.45, 7) is 3.87. The molecular weight excluding hydrogens is 300 g/mol. The van der Waals surface area contributed by atoms with Gasteiger partial charge in [-0.15, -0.1) is 0 Å². The Labute approximate surface area is 140 Å². The van der Waals surface area contributed by atoms with E-state index < -0.39 is 0 Å². The van der Waals surface area contributed by atoms with Crippen LogP contribution in [0.3, 0.4) is 0 Å². The second-order valence-electron chi connectivity index (χ2n) is 5.49. The van der Waals surface area contributed by atoms with E-state index in [-0.39, 0.29) is 6.04 Å². The molecule has 0 spiro atoms. The van der Waals surface area contributed by atoms with Crippen molar-refractivity contribution in [2.75, 3.05) is 5.32 Å². The molecule has 0 radical (unpaired) electrons. The van der Waals surface area contributed by atoms with Crippen molar-refractivity contribution in [3.63, 3.8) is 0 Å². The molecule has 0 amide bonds. The van der Waals surface area contributed by atoms with Gasteiger partial charge in [0.05, 0.1) is 34.7 Å². The van der Waals surface area contributed by atoms with Gasteiger partial charge in [0.25, 0.3) is 0 Å². The van der Waals surface area contributed by atoms with Crippen molar-refractivity contribution in [2.45, 2.75) is 26.3 Å². The largest absolute Gasteiger partial charge is 0.370 e. The van der Waals surface area contributed by atoms with Crippen LogP contribution in [0, 0.1) is 22.7 Å². The number of pyridine rings is 1. The van der Waals surface area contributed by atoms with E-state index >= 15 is 0 Å². The molecule has 3 aromatic rings. The second kappa shape index (κ2) is 6.39. The van der Waals surface area contributed by atoms with Crippen LogP contribution in [0.15, 0.2) is 36.7 Å². The minimum Gasteiger partial charge on any atom is -0.370 e. The third-order valence-electron chi connectivity index (χ3n) is 3.82. The Balaban J connectivity index is 2.08. The molecule has 0 unspecified atom stereocenters. The van der Waals surface area contributed by atoms with Gasteiger partial charge < -0.3 is 5.32 Å². The molecule has 0 fully saturated rings. The predicted octanol–water partition coefficient (Wildman–Crippen LogP) is 3.15. The lowest BCUT2D eigenvalue weighted by Crippen LogP contribution is -2.14. The molecule has 0 aliphatic heterocycles. The van der Waals surface area contributed by atoms with Crippen molar-refractivity contribution in [3.8, 4) is 23.5 Å². The van der Waals surface area contributed by atoms with Gasteiger partial charge in [0, 0.05) is 11.9 Å². The summed E-state index contributed by atoms with van der Waals surface area (Å²) in [5, 5.41) is 25.5. The van der Waals surface area contributed by atoms with Crippen LogP contribution >= 0.6 is 0 Å². The van der Waals surface area contributed by atoms with Crippen molar-refractivity contribution in [1.29, 1.82) is 10.5 Å². The summed E-state index contributed by atoms with van der Waals surface area (Å²) in [6, 6.07) is 11.5. The number of anilines is 1. The lowest BCUT2D eigenvalue weighted by Gasteiger charge is -2.13. The van der Waals surface area contributed by atoms with Gasteiger partial charge >= 0.3 is 0 Å². The number of nitrogens with one attached hydrogen (secondary N) is 1. The summed E-state index contributed by atoms with van der Waals surface area (Å²) in [5.41, 5.74) is 4.92. The molecule has 118 valence electrons. The summed E-state index contributed by atoms with van der Waals surface area (Å²) >= 11 is 0. The van der Waals surface area contributed by atoms with Crippen LogP contribution in [0.5, 0.6) is 0 Å². The lowest BCUT2D eigenvalue weighted by atomic mass is 10.1. The zero-order valence-electron chi connectivity index (χ0n) is 13.5. The molecule has 1 N–H and O–H groups in total. The molecule has 6 nitrogen and oxygen atoms in total. The van der Waals surface area contributed by atoms with Crippen molar-refractivity contribution in [2.24, 2.45) is 0 Å². The molecule has 6 heteroatoms. The number of fused-ring (bicyclic) bond motifs is 1. The molecule has 3 heterocycles. The molecular formula is C18H16N6. The van der Waals surface area contributed by atoms with E-state index in [0.717, 1.165) is 34.6 Å². The number of rotatable bonds is 4. The Morgan fingerprint density at radius 2 is 2.08 bits per heavy atom. The Kier molecular flexibility index (Phi) is 4.13. The van der Waals surface area contributed by atoms with Gasteiger partial charge in [-0.1, -0.05) is 6.92 Å². The molecule has 0 aliphatic rings. The molecule has 3 aromatic heterocycles. The Hall–Kier alpha value is -3.38. The Morgan fingerprint density at radius 1 is 1.25 bits per heavy atom. The van der Waals surface area contributed by atoms with Crippen LogP contribution in [-0.2, 0) is 6.42 Å². The van der Waals surface area contributed by atoms with Crippen molar-refractivity contribution < 1.29 is 0 Å². The monoisotopic (exact) mass is 316 g/mol. The summed E-state index contributed by atoms with van der Waals surface area (Å²) in [7, 11) is 0. The third kappa shape index (κ3) is 2.78. The first-order valence-electron chi connectivity index (χ1n) is 7.69. The summed E-state index contributed by atoms with van der Waals surface area (Å²) in [5.74, 6) is 0. The third-order valence-corrected chi connectivity index (χ3v) is 3.82. The number of nitrogens with zero attached hydrogens (tertiary/aromatic N) is 5. The zero-order valence-corrected chi connectivity index (χ0v) is 13.5. The average molecular weight is 316 g/mol. The average Bonchev–Trinajstić information content (AvgIpc) is 3.04. The van der Waals surface area contributed by atoms with Gasteiger partial charge in [-0.3, -0.25) is 4.98 Å². The van der Waals surface area contributed by atoms with Gasteiger partial charge in [-0.05, 0) is 43.2 Å². The first-order chi connectivity index (χ1) is 11.7. The van der Waals surface area contributed by atoms with Crippen molar-refractivity contribution in [3.05, 3.63) is 47.8 Å². The fourth-order valence-electron chi connectivity index (χ4n) is 2.56. The van der Waals surface area contributed by atoms with Gasteiger partial charge in [0.1, 0.15) is 12.1 Å². The van der Waals surface area contributed by atoms with Crippen LogP contribution in [0.25, 0.3) is 16.9 Å². The number of nitriles is 2. The van der Waals surface area contributed by atoms with E-state index in [0.29, 0.717) is 5.56 Å². The van der Waals surface area contributed by atoms with Gasteiger partial charge in [0.2, 0.25) is 0 Å². The molecule has 3 rings (SSSR count). The smallest absolute Gasteiger partial charge is 0.111 e. The van der Waals surface area contributed by atoms with Crippen molar-refractivity contribution in [1.82, 2.24) is 14.6 Å². The molecule has 0 aromatic carbocycles. The maximum atomic E-state index is 9.04. The molecule has 0 saturated heterocycles. The van der Waals surface area contributed by atoms with Crippen LogP contribution < -0.4 is 5.32 Å². The highest BCUT2D eigenvalue weighted by Gasteiger charge is 2.12. The van der Waals surface area contributed by atoms with E-state index in [1.165, 1.54) is 6.20 Å². The SMILES string of the molecule is CCc1cnc(-c2ccc3cc(C#N)cnn23)cc1N[C@H](C)C#N. The molecule has 1 atom stereocenters. The highest BCUT2D eigenvalue weighted by Crippen LogP contribution is 2.26. The molecule has 0 aliphatic carbocycles. The van der Waals surface area contributed by atoms with E-state index in [2.05, 4.69) is 34.5 Å². The number of hydrogen-bond donors (Lipinski definition) is 1. The highest BCUT2D eigenvalue weighted by molar-refractivity contribution is 5.69. The fraction of sp³-hybridized carbons (Fsp3) is 0.222. The van der Waals surface area contributed by atoms with E-state index in [9.17, 15) is 0 Å². The first kappa shape index (κ1) is 15.5. The van der Waals surface area contributed by atoms with Crippen molar-refractivity contribution >= 4 is 11.2 Å². The normalized spacial score (nSPS) is 11.7. The molecule has 24 heavy (non-hydrogen) atoms. The zero-order chi connectivity index (χ0) is 17.1. The Morgan fingerprint density at radius 3 is 2.79 bits per heavy atom. The number of aromatic nitrogens is 3. The quantitative estimate of drug-likeness (QED) is 0.798. The van der Waals surface area contributed by atoms with Crippen LogP contribution in [0.4, 0.5) is 5.69 Å². The van der Waals surface area contributed by atoms with Crippen LogP contribution in [-0.4, -0.2) is 20.6 Å². The Bertz CT molecular complexity index is 973. The first-order valence-corrected chi connectivity index (χ1v) is 7.69. The van der Waals surface area contributed by atoms with Gasteiger partial charge in [-0.2, -0.15) is 15.6 Å². The second-order valence-corrected chi connectivity index (χ2v) is 5.49. The van der Waals surface area contributed by atoms with E-state index in [1.54, 1.807) is 10.6 Å². The number of hydrogen-bond acceptors (Lipinski definition) is 5. The lowest BCUT2D eigenvalue weighted by molar-refractivity contribution is 0.937.